The minimum atomic E-state index is 0.264. The van der Waals surface area contributed by atoms with Gasteiger partial charge in [-0.25, -0.2) is 0 Å². The summed E-state index contributed by atoms with van der Waals surface area (Å²) in [6, 6.07) is 3.96. The van der Waals surface area contributed by atoms with Crippen LogP contribution in [0.4, 0.5) is 0 Å². The number of nitrogens with zero attached hydrogens (tertiary/aromatic N) is 1. The summed E-state index contributed by atoms with van der Waals surface area (Å²) in [5.41, 5.74) is 0. The first-order valence-corrected chi connectivity index (χ1v) is 6.60. The van der Waals surface area contributed by atoms with Crippen LogP contribution in [0.2, 0.25) is 0 Å². The van der Waals surface area contributed by atoms with E-state index in [1.165, 1.54) is 4.88 Å². The molecular weight excluding hydrogens is 220 g/mol. The van der Waals surface area contributed by atoms with E-state index in [0.29, 0.717) is 6.54 Å². The number of hydrogen-bond donors (Lipinski definition) is 1. The molecule has 0 radical (unpaired) electrons. The third-order valence-electron chi connectivity index (χ3n) is 2.82. The molecule has 1 aliphatic rings. The molecule has 1 aromatic rings. The van der Waals surface area contributed by atoms with E-state index in [9.17, 15) is 4.79 Å². The molecule has 0 unspecified atom stereocenters. The van der Waals surface area contributed by atoms with Crippen molar-refractivity contribution in [3.63, 3.8) is 0 Å². The summed E-state index contributed by atoms with van der Waals surface area (Å²) in [5, 5.41) is 3.34. The lowest BCUT2D eigenvalue weighted by atomic mass is 10.3. The number of rotatable bonds is 3. The van der Waals surface area contributed by atoms with Gasteiger partial charge in [-0.1, -0.05) is 0 Å². The van der Waals surface area contributed by atoms with E-state index in [2.05, 4.69) is 10.2 Å². The Bertz CT molecular complexity index is 354. The fourth-order valence-electron chi connectivity index (χ4n) is 1.93. The zero-order valence-corrected chi connectivity index (χ0v) is 10.5. The predicted molar refractivity (Wildman–Crippen MR) is 67.3 cm³/mol. The average Bonchev–Trinajstić information content (AvgIpc) is 2.54. The molecule has 4 heteroatoms. The molecule has 1 aliphatic heterocycles. The van der Waals surface area contributed by atoms with Crippen molar-refractivity contribution < 1.29 is 4.79 Å². The van der Waals surface area contributed by atoms with Crippen LogP contribution >= 0.6 is 11.3 Å². The molecule has 0 aromatic carbocycles. The highest BCUT2D eigenvalue weighted by atomic mass is 32.1. The smallest absolute Gasteiger partial charge is 0.186 e. The van der Waals surface area contributed by atoms with Crippen LogP contribution < -0.4 is 5.32 Å². The monoisotopic (exact) mass is 238 g/mol. The number of Topliss-reactive ketones (excluding diaryl/α,β-unsaturated/α-hetero) is 1. The number of thiophene rings is 1. The second-order valence-corrected chi connectivity index (χ2v) is 5.50. The van der Waals surface area contributed by atoms with E-state index in [4.69, 9.17) is 0 Å². The molecule has 0 bridgehead atoms. The predicted octanol–water partition coefficient (Wildman–Crippen LogP) is 1.53. The highest BCUT2D eigenvalue weighted by Gasteiger charge is 2.14. The summed E-state index contributed by atoms with van der Waals surface area (Å²) in [4.78, 5) is 16.3. The Morgan fingerprint density at radius 1 is 1.44 bits per heavy atom. The van der Waals surface area contributed by atoms with Gasteiger partial charge in [0.15, 0.2) is 5.78 Å². The summed E-state index contributed by atoms with van der Waals surface area (Å²) >= 11 is 1.60. The zero-order chi connectivity index (χ0) is 11.4. The number of hydrogen-bond acceptors (Lipinski definition) is 4. The molecule has 3 nitrogen and oxygen atoms in total. The molecule has 1 fully saturated rings. The molecule has 0 amide bonds. The van der Waals surface area contributed by atoms with Gasteiger partial charge in [0.25, 0.3) is 0 Å². The number of aryl methyl sites for hydroxylation is 1. The number of carbonyl (C=O) groups excluding carboxylic acids is 1. The van der Waals surface area contributed by atoms with Crippen molar-refractivity contribution in [1.82, 2.24) is 10.2 Å². The lowest BCUT2D eigenvalue weighted by Crippen LogP contribution is -2.32. The Hall–Kier alpha value is -0.710. The van der Waals surface area contributed by atoms with Gasteiger partial charge in [-0.2, -0.15) is 0 Å². The topological polar surface area (TPSA) is 32.3 Å². The molecular formula is C12H18N2OS. The van der Waals surface area contributed by atoms with Gasteiger partial charge in [-0.15, -0.1) is 11.3 Å². The summed E-state index contributed by atoms with van der Waals surface area (Å²) in [6.45, 7) is 6.69. The Balaban J connectivity index is 1.90. The summed E-state index contributed by atoms with van der Waals surface area (Å²) in [7, 11) is 0. The van der Waals surface area contributed by atoms with Crippen LogP contribution in [-0.2, 0) is 0 Å². The van der Waals surface area contributed by atoms with Crippen LogP contribution in [0.15, 0.2) is 12.1 Å². The van der Waals surface area contributed by atoms with Crippen LogP contribution in [0.3, 0.4) is 0 Å². The number of nitrogens with one attached hydrogen (secondary N) is 1. The molecule has 2 rings (SSSR count). The molecule has 2 heterocycles. The standard InChI is InChI=1S/C12H18N2OS/c1-10-3-4-12(16-10)11(15)9-14-7-2-5-13-6-8-14/h3-4,13H,2,5-9H2,1H3. The van der Waals surface area contributed by atoms with E-state index in [-0.39, 0.29) is 5.78 Å². The van der Waals surface area contributed by atoms with Gasteiger partial charge in [0.05, 0.1) is 11.4 Å². The largest absolute Gasteiger partial charge is 0.315 e. The van der Waals surface area contributed by atoms with Gasteiger partial charge in [-0.05, 0) is 38.6 Å². The van der Waals surface area contributed by atoms with Gasteiger partial charge in [0.1, 0.15) is 0 Å². The van der Waals surface area contributed by atoms with Crippen molar-refractivity contribution in [3.05, 3.63) is 21.9 Å². The summed E-state index contributed by atoms with van der Waals surface area (Å²) < 4.78 is 0. The molecule has 0 aliphatic carbocycles. The maximum atomic E-state index is 12.0. The first kappa shape index (κ1) is 11.8. The Kier molecular flexibility index (Phi) is 4.09. The maximum Gasteiger partial charge on any atom is 0.186 e. The third kappa shape index (κ3) is 3.14. The third-order valence-corrected chi connectivity index (χ3v) is 3.86. The SMILES string of the molecule is Cc1ccc(C(=O)CN2CCCNCC2)s1. The molecule has 0 atom stereocenters. The fraction of sp³-hybridized carbons (Fsp3) is 0.583. The second kappa shape index (κ2) is 5.57. The van der Waals surface area contributed by atoms with Crippen molar-refractivity contribution in [1.29, 1.82) is 0 Å². The van der Waals surface area contributed by atoms with Crippen LogP contribution in [-0.4, -0.2) is 43.4 Å². The van der Waals surface area contributed by atoms with E-state index in [1.54, 1.807) is 11.3 Å². The molecule has 16 heavy (non-hydrogen) atoms. The van der Waals surface area contributed by atoms with Gasteiger partial charge in [-0.3, -0.25) is 9.69 Å². The lowest BCUT2D eigenvalue weighted by molar-refractivity contribution is 0.0939. The first-order chi connectivity index (χ1) is 7.75. The van der Waals surface area contributed by atoms with E-state index >= 15 is 0 Å². The Labute approximate surface area is 100 Å². The molecule has 1 N–H and O–H groups in total. The Morgan fingerprint density at radius 3 is 3.06 bits per heavy atom. The quantitative estimate of drug-likeness (QED) is 0.811. The average molecular weight is 238 g/mol. The Morgan fingerprint density at radius 2 is 2.31 bits per heavy atom. The molecule has 1 saturated heterocycles. The van der Waals surface area contributed by atoms with Crippen molar-refractivity contribution in [2.24, 2.45) is 0 Å². The van der Waals surface area contributed by atoms with Crippen molar-refractivity contribution in [3.8, 4) is 0 Å². The van der Waals surface area contributed by atoms with Crippen molar-refractivity contribution in [2.75, 3.05) is 32.7 Å². The molecule has 0 saturated carbocycles. The first-order valence-electron chi connectivity index (χ1n) is 5.78. The molecule has 0 spiro atoms. The minimum absolute atomic E-state index is 0.264. The van der Waals surface area contributed by atoms with Crippen LogP contribution in [0.1, 0.15) is 21.0 Å². The zero-order valence-electron chi connectivity index (χ0n) is 9.66. The maximum absolute atomic E-state index is 12.0. The van der Waals surface area contributed by atoms with Gasteiger partial charge >= 0.3 is 0 Å². The summed E-state index contributed by atoms with van der Waals surface area (Å²) in [5.74, 6) is 0.264. The van der Waals surface area contributed by atoms with Gasteiger partial charge in [0, 0.05) is 18.0 Å². The number of carbonyl (C=O) groups is 1. The van der Waals surface area contributed by atoms with E-state index in [0.717, 1.165) is 37.5 Å². The highest BCUT2D eigenvalue weighted by Crippen LogP contribution is 2.16. The minimum Gasteiger partial charge on any atom is -0.315 e. The molecule has 1 aromatic heterocycles. The van der Waals surface area contributed by atoms with Crippen LogP contribution in [0, 0.1) is 6.92 Å². The highest BCUT2D eigenvalue weighted by molar-refractivity contribution is 7.14. The number of ketones is 1. The normalized spacial score (nSPS) is 18.3. The van der Waals surface area contributed by atoms with Crippen LogP contribution in [0.5, 0.6) is 0 Å². The summed E-state index contributed by atoms with van der Waals surface area (Å²) in [6.07, 6.45) is 1.14. The molecule has 88 valence electrons. The lowest BCUT2D eigenvalue weighted by Gasteiger charge is -2.17. The van der Waals surface area contributed by atoms with Crippen molar-refractivity contribution >= 4 is 17.1 Å². The van der Waals surface area contributed by atoms with Crippen molar-refractivity contribution in [2.45, 2.75) is 13.3 Å². The van der Waals surface area contributed by atoms with E-state index < -0.39 is 0 Å². The van der Waals surface area contributed by atoms with Gasteiger partial charge in [0.2, 0.25) is 0 Å². The van der Waals surface area contributed by atoms with E-state index in [1.807, 2.05) is 19.1 Å². The van der Waals surface area contributed by atoms with Gasteiger partial charge < -0.3 is 5.32 Å². The van der Waals surface area contributed by atoms with Crippen LogP contribution in [0.25, 0.3) is 0 Å². The fourth-order valence-corrected chi connectivity index (χ4v) is 2.72. The second-order valence-electron chi connectivity index (χ2n) is 4.21.